The summed E-state index contributed by atoms with van der Waals surface area (Å²) < 4.78 is 122. The SMILES string of the molecule is CC#N.CC(C)(C)OC(=O)Nc1ncnc2c1ncn2[C@@H]1O[C@H](CN(C(=O)OC(C)(C)C)S(N)(=O)=O)[C@H]2OC(C)(C)O[C@H]21.Cc1ccccc1C(=O)NS(=O)(=O)N(C[C@H]1O[C@@H](n2cnc3c(NC(=O)OC(C)(C)C)ncnc32)[C@@H]2OC(C)(C)O[C@@H]21)C(=O)OC(C)(C)C.Cc1ccccc1C(=O)ON1C(=O)CCC1=O.[2H][B].[U]. The van der Waals surface area contributed by atoms with Crippen LogP contribution < -0.4 is 20.5 Å². The summed E-state index contributed by atoms with van der Waals surface area (Å²) in [6.45, 7) is 30.3. The fraction of sp³-hybridized carbons (Fsp3) is 0.544. The number of nitrogens with zero attached hydrogens (tertiary/aromatic N) is 12. The largest absolute Gasteiger partial charge is 0.444 e. The average Bonchev–Trinajstić information content (AvgIpc) is 1.59. The van der Waals surface area contributed by atoms with Crippen LogP contribution in [0.25, 0.3) is 22.3 Å². The predicted octanol–water partition coefficient (Wildman–Crippen LogP) is 6.94. The molecule has 0 spiro atoms. The number of hydrogen-bond donors (Lipinski definition) is 4. The van der Waals surface area contributed by atoms with Crippen LogP contribution in [0.4, 0.5) is 30.8 Å². The van der Waals surface area contributed by atoms with Crippen molar-refractivity contribution < 1.29 is 139 Å². The first-order valence-corrected chi connectivity index (χ1v) is 36.8. The minimum atomic E-state index is -4.85. The Hall–Kier alpha value is -9.07. The van der Waals surface area contributed by atoms with E-state index in [0.29, 0.717) is 24.8 Å². The van der Waals surface area contributed by atoms with Gasteiger partial charge in [0.25, 0.3) is 17.7 Å². The molecule has 39 nitrogen and oxygen atoms in total. The predicted molar refractivity (Wildman–Crippen MR) is 388 cm³/mol. The number of imidazole rings is 2. The molecule has 0 unspecified atom stereocenters. The summed E-state index contributed by atoms with van der Waals surface area (Å²) >= 11 is 0. The minimum Gasteiger partial charge on any atom is -0.444 e. The quantitative estimate of drug-likeness (QED) is 0.0487. The molecular weight excluding hydrogens is 1720 g/mol. The van der Waals surface area contributed by atoms with E-state index in [1.165, 1.54) is 42.9 Å². The molecule has 111 heavy (non-hydrogen) atoms. The number of nitriles is 1. The van der Waals surface area contributed by atoms with Gasteiger partial charge >= 0.3 is 50.8 Å². The summed E-state index contributed by atoms with van der Waals surface area (Å²) in [5.41, 5.74) is -0.825. The van der Waals surface area contributed by atoms with Gasteiger partial charge in [0.2, 0.25) is 0 Å². The van der Waals surface area contributed by atoms with Gasteiger partial charge in [-0.15, -0.1) is 5.06 Å². The Kier molecular flexibility index (Phi) is 28.4. The molecule has 0 bridgehead atoms. The molecule has 5 aliphatic heterocycles. The number of ether oxygens (including phenoxy) is 10. The minimum absolute atomic E-state index is 0. The van der Waals surface area contributed by atoms with Crippen LogP contribution >= 0.6 is 0 Å². The van der Waals surface area contributed by atoms with Crippen molar-refractivity contribution in [2.75, 3.05) is 23.7 Å². The zero-order valence-electron chi connectivity index (χ0n) is 65.6. The summed E-state index contributed by atoms with van der Waals surface area (Å²) in [6, 6.07) is 15.0. The molecule has 5 fully saturated rings. The molecule has 6 aromatic rings. The van der Waals surface area contributed by atoms with Gasteiger partial charge in [-0.05, 0) is 149 Å². The molecule has 8 atom stereocenters. The van der Waals surface area contributed by atoms with Crippen molar-refractivity contribution >= 4 is 111 Å². The standard InChI is InChI=1S/C31H41N7O10S.C23H35N7O9S.C12H11NO4.C2H3N.BH.U/c1-17-12-10-11-13-18(17)25(39)36-49(42,43)38(28(41)48-30(5,6)7)14-19-21-22(46-31(8,9)45-21)26(44-19)37-16-34-20-23(32-15-33-24(20)37)35-27(40)47-29(2,3)4;1-21(2,3)38-19(31)28-16-13-17(26-10-25-16)29(11-27-13)18-15-14(36-23(7,8)37-15)12(35-18)9-30(40(24,33)34)20(32)39-22(4,5)6;1-8-4-2-3-5-9(8)12(16)17-13-10(14)6-7-11(13)15;1-2-3;;/h10-13,15-16,19,21-22,26H,14H2,1-9H3,(H,36,39)(H,32,33,35,40);10-12,14-15,18H,9H2,1-8H3,(H2,24,33,34)(H,25,26,28,31);2-5H,6-7H2,1H3;1H3;1H;/t19-,21-,22-,26-;12-,14-,15-,18-;;;;/m11..../s1/i;;;;1D;. The van der Waals surface area contributed by atoms with Crippen molar-refractivity contribution in [2.24, 2.45) is 5.14 Å². The van der Waals surface area contributed by atoms with Crippen LogP contribution in [0.5, 0.6) is 0 Å². The van der Waals surface area contributed by atoms with Gasteiger partial charge < -0.3 is 52.2 Å². The normalized spacial score (nSPS) is 21.0. The van der Waals surface area contributed by atoms with Gasteiger partial charge in [0.1, 0.15) is 71.7 Å². The van der Waals surface area contributed by atoms with E-state index in [9.17, 15) is 55.2 Å². The number of rotatable bonds is 14. The number of fused-ring (bicyclic) bond motifs is 4. The smallest absolute Gasteiger partial charge is 0.425 e. The number of hydrogen-bond acceptors (Lipinski definition) is 30. The summed E-state index contributed by atoms with van der Waals surface area (Å²) in [5.74, 6) is -4.56. The van der Waals surface area contributed by atoms with Gasteiger partial charge in [0.05, 0.1) is 37.4 Å². The van der Waals surface area contributed by atoms with E-state index < -0.39 is 165 Å². The van der Waals surface area contributed by atoms with Crippen molar-refractivity contribution in [1.82, 2.24) is 57.4 Å². The fourth-order valence-electron chi connectivity index (χ4n) is 11.3. The van der Waals surface area contributed by atoms with Gasteiger partial charge in [-0.2, -0.15) is 30.7 Å². The Morgan fingerprint density at radius 3 is 1.34 bits per heavy atom. The van der Waals surface area contributed by atoms with E-state index in [2.05, 4.69) is 48.9 Å². The number of imide groups is 1. The Balaban J connectivity index is 0.000000277. The van der Waals surface area contributed by atoms with E-state index in [0.717, 1.165) is 5.56 Å². The Bertz CT molecular complexity index is 4720. The van der Waals surface area contributed by atoms with Gasteiger partial charge in [-0.25, -0.2) is 63.7 Å². The number of nitrogens with two attached hydrogens (primary N) is 1. The van der Waals surface area contributed by atoms with Crippen molar-refractivity contribution in [1.29, 1.82) is 6.60 Å². The molecule has 43 heteroatoms. The van der Waals surface area contributed by atoms with Crippen molar-refractivity contribution in [3.63, 3.8) is 0 Å². The number of anilines is 2. The molecule has 4 aromatic heterocycles. The van der Waals surface area contributed by atoms with Crippen molar-refractivity contribution in [3.05, 3.63) is 96.1 Å². The number of carbonyl (C=O) groups excluding carboxylic acids is 8. The second-order valence-corrected chi connectivity index (χ2v) is 33.0. The maximum Gasteiger partial charge on any atom is 0.425 e. The van der Waals surface area contributed by atoms with Gasteiger partial charge in [-0.3, -0.25) is 34.2 Å². The van der Waals surface area contributed by atoms with Crippen LogP contribution in [0.3, 0.4) is 0 Å². The summed E-state index contributed by atoms with van der Waals surface area (Å²) in [6.07, 6.45) is -5.69. The zero-order chi connectivity index (χ0) is 83.1. The Labute approximate surface area is 667 Å². The zero-order valence-corrected chi connectivity index (χ0v) is 70.4. The maximum absolute atomic E-state index is 13.7. The molecule has 9 heterocycles. The molecule has 5 saturated heterocycles. The van der Waals surface area contributed by atoms with Crippen LogP contribution in [0.1, 0.15) is 175 Å². The number of amides is 7. The molecule has 5 N–H and O–H groups in total. The first-order valence-electron chi connectivity index (χ1n) is 34.5. The molecule has 7 amide bonds. The van der Waals surface area contributed by atoms with Gasteiger partial charge in [-0.1, -0.05) is 36.4 Å². The van der Waals surface area contributed by atoms with E-state index in [1.807, 2.05) is 4.72 Å². The third kappa shape index (κ3) is 23.5. The number of benzene rings is 2. The van der Waals surface area contributed by atoms with Crippen LogP contribution in [0.2, 0.25) is 0 Å². The van der Waals surface area contributed by atoms with Crippen LogP contribution in [-0.4, -0.2) is 211 Å². The molecule has 600 valence electrons. The molecule has 2 radical (unpaired) electrons. The fourth-order valence-corrected chi connectivity index (χ4v) is 12.9. The van der Waals surface area contributed by atoms with Crippen LogP contribution in [0.15, 0.2) is 73.8 Å². The van der Waals surface area contributed by atoms with Crippen molar-refractivity contribution in [2.45, 2.75) is 227 Å². The number of aryl methyl sites for hydroxylation is 2. The molecule has 2 aromatic carbocycles. The molecule has 0 saturated carbocycles. The van der Waals surface area contributed by atoms with E-state index in [-0.39, 0.29) is 83.5 Å². The third-order valence-corrected chi connectivity index (χ3v) is 17.6. The number of carbonyl (C=O) groups is 8. The summed E-state index contributed by atoms with van der Waals surface area (Å²) in [7, 11) is -5.63. The first kappa shape index (κ1) is 89.1. The molecular formula is C68H91BN16O23S2U. The topological polar surface area (TPSA) is 489 Å². The monoisotopic (exact) mass is 1810 g/mol. The van der Waals surface area contributed by atoms with E-state index in [4.69, 9.17) is 63.9 Å². The number of hydroxylamine groups is 2. The number of aromatic nitrogens is 8. The first-order chi connectivity index (χ1) is 51.4. The third-order valence-electron chi connectivity index (χ3n) is 15.4. The number of nitrogens with one attached hydrogen (secondary N) is 3. The molecule has 5 aliphatic rings. The van der Waals surface area contributed by atoms with Gasteiger partial charge in [0.15, 0.2) is 58.0 Å². The van der Waals surface area contributed by atoms with Gasteiger partial charge in [0, 0.05) is 64.8 Å². The second kappa shape index (κ2) is 35.3. The van der Waals surface area contributed by atoms with Crippen molar-refractivity contribution in [3.8, 4) is 6.07 Å². The summed E-state index contributed by atoms with van der Waals surface area (Å²) in [4.78, 5) is 129. The molecule has 11 rings (SSSR count). The maximum atomic E-state index is 13.7. The average molecular weight is 1810 g/mol. The molecule has 0 aliphatic carbocycles. The Morgan fingerprint density at radius 2 is 0.964 bits per heavy atom. The van der Waals surface area contributed by atoms with Crippen LogP contribution in [-0.2, 0) is 82.2 Å². The van der Waals surface area contributed by atoms with E-state index in [1.54, 1.807) is 178 Å². The van der Waals surface area contributed by atoms with E-state index >= 15 is 0 Å². The Morgan fingerprint density at radius 1 is 0.604 bits per heavy atom. The summed E-state index contributed by atoms with van der Waals surface area (Å²) in [5, 5.41) is 18.4. The second-order valence-electron chi connectivity index (χ2n) is 29.9. The van der Waals surface area contributed by atoms with Crippen LogP contribution in [0, 0.1) is 56.3 Å².